The van der Waals surface area contributed by atoms with Crippen LogP contribution in [0.5, 0.6) is 5.75 Å². The molecule has 1 saturated carbocycles. The summed E-state index contributed by atoms with van der Waals surface area (Å²) in [5.74, 6) is -2.90. The van der Waals surface area contributed by atoms with Crippen molar-refractivity contribution in [3.05, 3.63) is 41.7 Å². The second kappa shape index (κ2) is 13.8. The molecular formula is C31H41F3N2O8. The van der Waals surface area contributed by atoms with Gasteiger partial charge in [-0.15, -0.1) is 0 Å². The first kappa shape index (κ1) is 33.6. The molecule has 2 unspecified atom stereocenters. The van der Waals surface area contributed by atoms with Gasteiger partial charge in [0.1, 0.15) is 18.0 Å². The second-order valence-corrected chi connectivity index (χ2v) is 12.3. The Morgan fingerprint density at radius 1 is 1.14 bits per heavy atom. The summed E-state index contributed by atoms with van der Waals surface area (Å²) in [7, 11) is 0. The topological polar surface area (TPSA) is 113 Å². The molecule has 3 aliphatic rings. The Labute approximate surface area is 255 Å². The van der Waals surface area contributed by atoms with Crippen LogP contribution in [0.4, 0.5) is 18.0 Å². The van der Waals surface area contributed by atoms with Crippen molar-refractivity contribution >= 4 is 18.0 Å². The van der Waals surface area contributed by atoms with Gasteiger partial charge in [-0.2, -0.15) is 13.2 Å². The molecule has 2 heterocycles. The van der Waals surface area contributed by atoms with Crippen molar-refractivity contribution < 1.29 is 51.2 Å². The van der Waals surface area contributed by atoms with Gasteiger partial charge < -0.3 is 33.9 Å². The van der Waals surface area contributed by atoms with Gasteiger partial charge in [-0.25, -0.2) is 9.59 Å². The summed E-state index contributed by atoms with van der Waals surface area (Å²) in [6, 6.07) is 5.99. The monoisotopic (exact) mass is 626 g/mol. The lowest BCUT2D eigenvalue weighted by atomic mass is 9.82. The van der Waals surface area contributed by atoms with Crippen molar-refractivity contribution in [3.8, 4) is 5.75 Å². The maximum Gasteiger partial charge on any atom is 0.449 e. The molecule has 0 aromatic heterocycles. The summed E-state index contributed by atoms with van der Waals surface area (Å²) in [5.41, 5.74) is -0.872. The Hall–Kier alpha value is -3.32. The van der Waals surface area contributed by atoms with Gasteiger partial charge in [0.2, 0.25) is 11.7 Å². The Morgan fingerprint density at radius 3 is 2.48 bits per heavy atom. The van der Waals surface area contributed by atoms with Crippen LogP contribution in [0.1, 0.15) is 71.3 Å². The van der Waals surface area contributed by atoms with Crippen molar-refractivity contribution in [1.82, 2.24) is 10.2 Å². The molecule has 1 aliphatic carbocycles. The van der Waals surface area contributed by atoms with Gasteiger partial charge in [0.25, 0.3) is 0 Å². The largest absolute Gasteiger partial charge is 0.463 e. The Bertz CT molecular complexity index is 1220. The Kier molecular flexibility index (Phi) is 10.5. The molecule has 10 nitrogen and oxygen atoms in total. The summed E-state index contributed by atoms with van der Waals surface area (Å²) in [6.07, 6.45) is -2.22. The smallest absolute Gasteiger partial charge is 0.449 e. The van der Waals surface area contributed by atoms with E-state index in [0.29, 0.717) is 50.3 Å². The number of morpholine rings is 1. The number of amides is 2. The van der Waals surface area contributed by atoms with Crippen molar-refractivity contribution in [2.24, 2.45) is 0 Å². The molecule has 1 aromatic carbocycles. The number of ether oxygens (including phenoxy) is 5. The lowest BCUT2D eigenvalue weighted by Crippen LogP contribution is -2.65. The number of nitrogens with one attached hydrogen (secondary N) is 1. The van der Waals surface area contributed by atoms with Crippen LogP contribution in [0.15, 0.2) is 36.1 Å². The van der Waals surface area contributed by atoms with Crippen molar-refractivity contribution in [2.45, 2.75) is 95.2 Å². The number of hydrogen-bond donors (Lipinski definition) is 1. The number of halogens is 3. The minimum atomic E-state index is -4.89. The van der Waals surface area contributed by atoms with Crippen LogP contribution in [0.2, 0.25) is 0 Å². The number of carbonyl (C=O) groups is 3. The molecule has 3 fully saturated rings. The van der Waals surface area contributed by atoms with E-state index in [9.17, 15) is 27.6 Å². The van der Waals surface area contributed by atoms with Crippen LogP contribution in [0.25, 0.3) is 0 Å². The number of rotatable bonds is 8. The number of likely N-dealkylation sites (tertiary alicyclic amines) is 1. The maximum atomic E-state index is 13.7. The van der Waals surface area contributed by atoms with Gasteiger partial charge in [-0.1, -0.05) is 18.2 Å². The molecule has 0 radical (unpaired) electrons. The van der Waals surface area contributed by atoms with Crippen molar-refractivity contribution in [3.63, 3.8) is 0 Å². The van der Waals surface area contributed by atoms with E-state index in [1.807, 2.05) is 0 Å². The number of nitrogens with zero attached hydrogens (tertiary/aromatic N) is 1. The molecule has 1 aromatic rings. The van der Waals surface area contributed by atoms with Crippen molar-refractivity contribution in [1.29, 1.82) is 0 Å². The normalized spacial score (nSPS) is 26.3. The zero-order chi connectivity index (χ0) is 32.1. The number of alkyl halides is 3. The summed E-state index contributed by atoms with van der Waals surface area (Å²) in [6.45, 7) is 7.54. The number of carbonyl (C=O) groups excluding carboxylic acids is 3. The minimum absolute atomic E-state index is 0.0266. The number of allylic oxidation sites excluding steroid dienone is 1. The van der Waals surface area contributed by atoms with Crippen LogP contribution >= 0.6 is 0 Å². The lowest BCUT2D eigenvalue weighted by Gasteiger charge is -2.41. The third-order valence-corrected chi connectivity index (χ3v) is 7.98. The number of hydrogen-bond acceptors (Lipinski definition) is 8. The maximum absolute atomic E-state index is 13.7. The minimum Gasteiger partial charge on any atom is -0.463 e. The van der Waals surface area contributed by atoms with Gasteiger partial charge in [-0.3, -0.25) is 4.79 Å². The molecule has 2 atom stereocenters. The highest BCUT2D eigenvalue weighted by Gasteiger charge is 2.53. The molecule has 2 amide bonds. The number of para-hydroxylation sites is 1. The fraction of sp³-hybridized carbons (Fsp3) is 0.645. The Balaban J connectivity index is 1.42. The first-order valence-electron chi connectivity index (χ1n) is 14.9. The van der Waals surface area contributed by atoms with E-state index < -0.39 is 41.2 Å². The zero-order valence-electron chi connectivity index (χ0n) is 25.5. The highest BCUT2D eigenvalue weighted by molar-refractivity contribution is 5.82. The molecule has 4 rings (SSSR count). The summed E-state index contributed by atoms with van der Waals surface area (Å²) >= 11 is 0. The van der Waals surface area contributed by atoms with Gasteiger partial charge in [0, 0.05) is 6.54 Å². The van der Waals surface area contributed by atoms with E-state index in [2.05, 4.69) is 10.1 Å². The third kappa shape index (κ3) is 8.44. The van der Waals surface area contributed by atoms with Crippen LogP contribution in [0.3, 0.4) is 0 Å². The fourth-order valence-electron chi connectivity index (χ4n) is 5.98. The van der Waals surface area contributed by atoms with Crippen LogP contribution < -0.4 is 10.1 Å². The first-order chi connectivity index (χ1) is 20.7. The fourth-order valence-corrected chi connectivity index (χ4v) is 5.98. The van der Waals surface area contributed by atoms with E-state index in [0.717, 1.165) is 0 Å². The van der Waals surface area contributed by atoms with Gasteiger partial charge in [0.15, 0.2) is 0 Å². The van der Waals surface area contributed by atoms with E-state index in [1.165, 1.54) is 13.0 Å². The predicted molar refractivity (Wildman–Crippen MR) is 152 cm³/mol. The molecule has 44 heavy (non-hydrogen) atoms. The summed E-state index contributed by atoms with van der Waals surface area (Å²) < 4.78 is 68.5. The van der Waals surface area contributed by atoms with Crippen LogP contribution in [0, 0.1) is 0 Å². The Morgan fingerprint density at radius 2 is 1.84 bits per heavy atom. The highest BCUT2D eigenvalue weighted by Crippen LogP contribution is 2.41. The number of benzene rings is 1. The van der Waals surface area contributed by atoms with E-state index in [1.54, 1.807) is 43.9 Å². The third-order valence-electron chi connectivity index (χ3n) is 7.98. The lowest BCUT2D eigenvalue weighted by molar-refractivity contribution is -0.140. The summed E-state index contributed by atoms with van der Waals surface area (Å²) in [4.78, 5) is 38.7. The highest BCUT2D eigenvalue weighted by atomic mass is 19.4. The van der Waals surface area contributed by atoms with Crippen LogP contribution in [-0.2, 0) is 28.5 Å². The van der Waals surface area contributed by atoms with E-state index in [4.69, 9.17) is 18.9 Å². The molecule has 13 heteroatoms. The molecule has 244 valence electrons. The SMILES string of the molecule is CCOC(=O)/C=C(/Oc1ccccc1C1CCC(OCC2N(C(=O)OC(C)(C)C)CCC23COCC(=O)N3)CC1)C(F)(F)F. The molecule has 0 bridgehead atoms. The number of esters is 1. The standard InChI is InChI=1S/C31H41F3N2O8/c1-5-41-27(38)16-25(31(32,33)34)43-23-9-7-6-8-22(23)20-10-12-21(13-11-20)42-17-24-30(19-40-18-26(37)35-30)14-15-36(24)28(39)44-29(2,3)4/h6-9,16,20-21,24H,5,10-15,17-19H2,1-4H3,(H,35,37)/b25-16+. The average molecular weight is 627 g/mol. The molecule has 1 N–H and O–H groups in total. The van der Waals surface area contributed by atoms with E-state index >= 15 is 0 Å². The second-order valence-electron chi connectivity index (χ2n) is 12.3. The first-order valence-corrected chi connectivity index (χ1v) is 14.9. The molecule has 2 aliphatic heterocycles. The molecular weight excluding hydrogens is 585 g/mol. The van der Waals surface area contributed by atoms with Gasteiger partial charge in [-0.05, 0) is 77.3 Å². The van der Waals surface area contributed by atoms with Crippen molar-refractivity contribution in [2.75, 3.05) is 33.0 Å². The average Bonchev–Trinajstić information content (AvgIpc) is 3.27. The quantitative estimate of drug-likeness (QED) is 0.244. The molecule has 1 spiro atoms. The predicted octanol–water partition coefficient (Wildman–Crippen LogP) is 5.01. The molecule has 2 saturated heterocycles. The van der Waals surface area contributed by atoms with Gasteiger partial charge in [0.05, 0.1) is 43.6 Å². The van der Waals surface area contributed by atoms with Crippen LogP contribution in [-0.4, -0.2) is 85.3 Å². The summed E-state index contributed by atoms with van der Waals surface area (Å²) in [5, 5.41) is 3.04. The van der Waals surface area contributed by atoms with E-state index in [-0.39, 0.29) is 50.1 Å². The van der Waals surface area contributed by atoms with Gasteiger partial charge >= 0.3 is 18.2 Å². The zero-order valence-corrected chi connectivity index (χ0v) is 25.5.